The largest absolute Gasteiger partial charge is 0.425 e. The summed E-state index contributed by atoms with van der Waals surface area (Å²) in [5.74, 6) is 0.561. The van der Waals surface area contributed by atoms with E-state index in [9.17, 15) is 5.21 Å². The molecule has 16 heavy (non-hydrogen) atoms. The van der Waals surface area contributed by atoms with Crippen molar-refractivity contribution in [1.82, 2.24) is 9.71 Å². The fraction of sp³-hybridized carbons (Fsp3) is 0. The first kappa shape index (κ1) is 8.84. The number of hydrogen-bond acceptors (Lipinski definition) is 4. The SMILES string of the molecule is On1cnc2c1NN(c1ccccc1)C=C2. The van der Waals surface area contributed by atoms with Crippen LogP contribution in [0.5, 0.6) is 0 Å². The Balaban J connectivity index is 1.96. The van der Waals surface area contributed by atoms with E-state index in [1.807, 2.05) is 47.6 Å². The zero-order valence-corrected chi connectivity index (χ0v) is 8.41. The molecule has 2 N–H and O–H groups in total. The molecule has 0 fully saturated rings. The second-order valence-corrected chi connectivity index (χ2v) is 3.46. The molecular weight excluding hydrogens is 204 g/mol. The molecule has 0 spiro atoms. The molecule has 80 valence electrons. The molecule has 1 aliphatic heterocycles. The fourth-order valence-electron chi connectivity index (χ4n) is 1.62. The van der Waals surface area contributed by atoms with E-state index in [2.05, 4.69) is 10.4 Å². The van der Waals surface area contributed by atoms with Crippen molar-refractivity contribution in [1.29, 1.82) is 0 Å². The number of hydrogen-bond donors (Lipinski definition) is 2. The van der Waals surface area contributed by atoms with Gasteiger partial charge < -0.3 is 5.21 Å². The highest BCUT2D eigenvalue weighted by molar-refractivity contribution is 5.70. The van der Waals surface area contributed by atoms with Gasteiger partial charge in [-0.2, -0.15) is 4.73 Å². The minimum atomic E-state index is 0.561. The van der Waals surface area contributed by atoms with Gasteiger partial charge in [0.05, 0.1) is 5.69 Å². The Hall–Kier alpha value is -2.43. The summed E-state index contributed by atoms with van der Waals surface area (Å²) in [4.78, 5) is 4.02. The van der Waals surface area contributed by atoms with Gasteiger partial charge in [-0.25, -0.2) is 4.98 Å². The number of hydrazine groups is 1. The van der Waals surface area contributed by atoms with Crippen LogP contribution in [0.25, 0.3) is 6.08 Å². The van der Waals surface area contributed by atoms with E-state index in [0.29, 0.717) is 5.82 Å². The predicted octanol–water partition coefficient (Wildman–Crippen LogP) is 1.94. The average Bonchev–Trinajstić information content (AvgIpc) is 2.72. The van der Waals surface area contributed by atoms with Gasteiger partial charge in [0.25, 0.3) is 0 Å². The maximum Gasteiger partial charge on any atom is 0.188 e. The summed E-state index contributed by atoms with van der Waals surface area (Å²) >= 11 is 0. The first-order chi connectivity index (χ1) is 7.84. The summed E-state index contributed by atoms with van der Waals surface area (Å²) in [6.07, 6.45) is 5.06. The fourth-order valence-corrected chi connectivity index (χ4v) is 1.62. The van der Waals surface area contributed by atoms with Crippen LogP contribution < -0.4 is 10.4 Å². The maximum atomic E-state index is 9.49. The lowest BCUT2D eigenvalue weighted by Crippen LogP contribution is -2.27. The summed E-state index contributed by atoms with van der Waals surface area (Å²) in [7, 11) is 0. The normalized spacial score (nSPS) is 13.4. The van der Waals surface area contributed by atoms with Crippen LogP contribution in [0.15, 0.2) is 42.9 Å². The molecule has 1 aromatic heterocycles. The molecule has 0 radical (unpaired) electrons. The van der Waals surface area contributed by atoms with E-state index in [1.165, 1.54) is 6.33 Å². The number of benzene rings is 1. The van der Waals surface area contributed by atoms with Gasteiger partial charge in [-0.1, -0.05) is 18.2 Å². The maximum absolute atomic E-state index is 9.49. The Bertz CT molecular complexity index is 532. The van der Waals surface area contributed by atoms with E-state index in [4.69, 9.17) is 0 Å². The Morgan fingerprint density at radius 2 is 2.00 bits per heavy atom. The Morgan fingerprint density at radius 3 is 2.81 bits per heavy atom. The molecule has 0 saturated carbocycles. The molecule has 0 aliphatic carbocycles. The predicted molar refractivity (Wildman–Crippen MR) is 61.0 cm³/mol. The zero-order chi connectivity index (χ0) is 11.0. The van der Waals surface area contributed by atoms with E-state index >= 15 is 0 Å². The van der Waals surface area contributed by atoms with E-state index in [0.717, 1.165) is 16.1 Å². The van der Waals surface area contributed by atoms with Crippen LogP contribution in [0.4, 0.5) is 11.5 Å². The minimum Gasteiger partial charge on any atom is -0.425 e. The number of nitrogens with one attached hydrogen (secondary N) is 1. The third-order valence-electron chi connectivity index (χ3n) is 2.42. The van der Waals surface area contributed by atoms with Crippen LogP contribution in [-0.4, -0.2) is 14.9 Å². The van der Waals surface area contributed by atoms with Gasteiger partial charge in [-0.15, -0.1) is 0 Å². The molecule has 2 heterocycles. The number of anilines is 2. The van der Waals surface area contributed by atoms with Crippen molar-refractivity contribution in [2.75, 3.05) is 10.4 Å². The summed E-state index contributed by atoms with van der Waals surface area (Å²) in [6, 6.07) is 9.81. The van der Waals surface area contributed by atoms with Gasteiger partial charge in [0.1, 0.15) is 12.0 Å². The minimum absolute atomic E-state index is 0.561. The molecule has 0 bridgehead atoms. The van der Waals surface area contributed by atoms with E-state index < -0.39 is 0 Å². The third kappa shape index (κ3) is 1.30. The molecule has 0 unspecified atom stereocenters. The molecule has 0 atom stereocenters. The summed E-state index contributed by atoms with van der Waals surface area (Å²) in [5, 5.41) is 11.3. The van der Waals surface area contributed by atoms with Crippen molar-refractivity contribution in [2.45, 2.75) is 0 Å². The molecule has 2 aromatic rings. The molecule has 0 saturated heterocycles. The van der Waals surface area contributed by atoms with Crippen molar-refractivity contribution in [3.8, 4) is 0 Å². The van der Waals surface area contributed by atoms with Crippen LogP contribution >= 0.6 is 0 Å². The van der Waals surface area contributed by atoms with Crippen molar-refractivity contribution in [3.05, 3.63) is 48.6 Å². The Kier molecular flexibility index (Phi) is 1.83. The lowest BCUT2D eigenvalue weighted by Gasteiger charge is -2.25. The van der Waals surface area contributed by atoms with Crippen LogP contribution in [-0.2, 0) is 0 Å². The van der Waals surface area contributed by atoms with Gasteiger partial charge in [0.2, 0.25) is 0 Å². The number of imidazole rings is 1. The Morgan fingerprint density at radius 1 is 1.19 bits per heavy atom. The molecule has 1 aliphatic rings. The summed E-state index contributed by atoms with van der Waals surface area (Å²) in [6.45, 7) is 0. The molecular formula is C11H10N4O. The van der Waals surface area contributed by atoms with Crippen LogP contribution in [0, 0.1) is 0 Å². The number of para-hydroxylation sites is 1. The first-order valence-electron chi connectivity index (χ1n) is 4.90. The molecule has 5 heteroatoms. The average molecular weight is 214 g/mol. The highest BCUT2D eigenvalue weighted by Crippen LogP contribution is 2.24. The van der Waals surface area contributed by atoms with Crippen molar-refractivity contribution in [2.24, 2.45) is 0 Å². The Labute approximate surface area is 92.2 Å². The van der Waals surface area contributed by atoms with Crippen molar-refractivity contribution >= 4 is 17.6 Å². The lowest BCUT2D eigenvalue weighted by molar-refractivity contribution is 0.191. The molecule has 5 nitrogen and oxygen atoms in total. The standard InChI is InChI=1S/C11H10N4O/c16-15-8-12-10-6-7-14(13-11(10)15)9-4-2-1-3-5-9/h1-8,13,16H. The quantitative estimate of drug-likeness (QED) is 0.712. The number of rotatable bonds is 1. The van der Waals surface area contributed by atoms with Gasteiger partial charge in [0.15, 0.2) is 5.82 Å². The molecule has 3 rings (SSSR count). The van der Waals surface area contributed by atoms with Gasteiger partial charge in [-0.05, 0) is 18.2 Å². The smallest absolute Gasteiger partial charge is 0.188 e. The van der Waals surface area contributed by atoms with Gasteiger partial charge in [0, 0.05) is 6.20 Å². The van der Waals surface area contributed by atoms with Gasteiger partial charge in [-0.3, -0.25) is 10.4 Å². The van der Waals surface area contributed by atoms with E-state index in [1.54, 1.807) is 0 Å². The second-order valence-electron chi connectivity index (χ2n) is 3.46. The van der Waals surface area contributed by atoms with Crippen LogP contribution in [0.1, 0.15) is 5.69 Å². The summed E-state index contributed by atoms with van der Waals surface area (Å²) in [5.41, 5.74) is 4.77. The highest BCUT2D eigenvalue weighted by Gasteiger charge is 2.15. The van der Waals surface area contributed by atoms with Crippen LogP contribution in [0.2, 0.25) is 0 Å². The first-order valence-corrected chi connectivity index (χ1v) is 4.90. The van der Waals surface area contributed by atoms with Gasteiger partial charge >= 0.3 is 0 Å². The highest BCUT2D eigenvalue weighted by atomic mass is 16.5. The summed E-state index contributed by atoms with van der Waals surface area (Å²) < 4.78 is 0.967. The van der Waals surface area contributed by atoms with Crippen molar-refractivity contribution in [3.63, 3.8) is 0 Å². The van der Waals surface area contributed by atoms with Crippen molar-refractivity contribution < 1.29 is 5.21 Å². The third-order valence-corrected chi connectivity index (χ3v) is 2.42. The second kappa shape index (κ2) is 3.30. The molecule has 1 aromatic carbocycles. The lowest BCUT2D eigenvalue weighted by atomic mass is 10.3. The monoisotopic (exact) mass is 214 g/mol. The zero-order valence-electron chi connectivity index (χ0n) is 8.41. The molecule has 0 amide bonds. The number of nitrogens with zero attached hydrogens (tertiary/aromatic N) is 3. The van der Waals surface area contributed by atoms with Crippen LogP contribution in [0.3, 0.4) is 0 Å². The number of fused-ring (bicyclic) bond motifs is 1. The topological polar surface area (TPSA) is 53.3 Å². The van der Waals surface area contributed by atoms with E-state index in [-0.39, 0.29) is 0 Å². The number of aromatic nitrogens is 2.